The van der Waals surface area contributed by atoms with Crippen molar-refractivity contribution >= 4 is 0 Å². The van der Waals surface area contributed by atoms with Crippen molar-refractivity contribution < 1.29 is 13.2 Å². The van der Waals surface area contributed by atoms with Gasteiger partial charge in [0, 0.05) is 18.8 Å². The lowest BCUT2D eigenvalue weighted by molar-refractivity contribution is -0.144. The molecule has 2 aromatic rings. The van der Waals surface area contributed by atoms with E-state index in [4.69, 9.17) is 5.26 Å². The van der Waals surface area contributed by atoms with Crippen LogP contribution in [-0.4, -0.2) is 19.6 Å². The number of halogens is 3. The Morgan fingerprint density at radius 1 is 1.42 bits per heavy atom. The maximum atomic E-state index is 12.8. The number of nitrogens with zero attached hydrogens (tertiary/aromatic N) is 5. The third-order valence-electron chi connectivity index (χ3n) is 2.51. The van der Waals surface area contributed by atoms with Crippen LogP contribution in [0.4, 0.5) is 13.2 Å². The highest BCUT2D eigenvalue weighted by molar-refractivity contribution is 5.57. The quantitative estimate of drug-likeness (QED) is 0.858. The van der Waals surface area contributed by atoms with Gasteiger partial charge in [0.2, 0.25) is 0 Å². The molecule has 0 atom stereocenters. The molecular formula is C11H10F3N5. The number of aryl methyl sites for hydroxylation is 2. The van der Waals surface area contributed by atoms with Crippen LogP contribution < -0.4 is 0 Å². The van der Waals surface area contributed by atoms with Gasteiger partial charge in [0.15, 0.2) is 0 Å². The molecule has 5 nitrogen and oxygen atoms in total. The van der Waals surface area contributed by atoms with Gasteiger partial charge in [0.05, 0.1) is 30.9 Å². The first-order chi connectivity index (χ1) is 8.91. The Kier molecular flexibility index (Phi) is 3.29. The number of rotatable bonds is 3. The first-order valence-electron chi connectivity index (χ1n) is 5.43. The molecule has 2 heterocycles. The number of aromatic nitrogens is 4. The molecule has 0 aliphatic carbocycles. The Labute approximate surface area is 106 Å². The van der Waals surface area contributed by atoms with Crippen LogP contribution in [0.1, 0.15) is 12.1 Å². The average Bonchev–Trinajstić information content (AvgIpc) is 2.91. The molecule has 0 spiro atoms. The van der Waals surface area contributed by atoms with Crippen molar-refractivity contribution in [3.63, 3.8) is 0 Å². The number of alkyl halides is 3. The fraction of sp³-hybridized carbons (Fsp3) is 0.364. The van der Waals surface area contributed by atoms with Crippen LogP contribution in [0.5, 0.6) is 0 Å². The summed E-state index contributed by atoms with van der Waals surface area (Å²) in [5.74, 6) is 0. The van der Waals surface area contributed by atoms with Gasteiger partial charge in [0.1, 0.15) is 5.69 Å². The summed E-state index contributed by atoms with van der Waals surface area (Å²) in [4.78, 5) is 0. The molecule has 8 heteroatoms. The molecule has 0 unspecified atom stereocenters. The molecule has 0 bridgehead atoms. The van der Waals surface area contributed by atoms with Crippen molar-refractivity contribution in [3.8, 4) is 17.3 Å². The Hall–Kier alpha value is -2.30. The summed E-state index contributed by atoms with van der Waals surface area (Å²) < 4.78 is 40.8. The third-order valence-corrected chi connectivity index (χ3v) is 2.51. The Morgan fingerprint density at radius 2 is 2.16 bits per heavy atom. The predicted octanol–water partition coefficient (Wildman–Crippen LogP) is 2.22. The zero-order valence-corrected chi connectivity index (χ0v) is 10.0. The van der Waals surface area contributed by atoms with Crippen molar-refractivity contribution in [2.45, 2.75) is 19.1 Å². The lowest BCUT2D eigenvalue weighted by Crippen LogP contribution is -2.14. The molecule has 0 saturated heterocycles. The summed E-state index contributed by atoms with van der Waals surface area (Å²) in [6.07, 6.45) is -1.51. The number of nitriles is 1. The minimum Gasteiger partial charge on any atom is -0.275 e. The molecule has 0 N–H and O–H groups in total. The first-order valence-corrected chi connectivity index (χ1v) is 5.43. The van der Waals surface area contributed by atoms with E-state index in [0.717, 1.165) is 10.7 Å². The number of hydrogen-bond acceptors (Lipinski definition) is 3. The highest BCUT2D eigenvalue weighted by Crippen LogP contribution is 2.32. The van der Waals surface area contributed by atoms with Crippen LogP contribution in [-0.2, 0) is 19.8 Å². The van der Waals surface area contributed by atoms with Crippen LogP contribution in [0.25, 0.3) is 11.3 Å². The maximum absolute atomic E-state index is 12.8. The molecule has 2 rings (SSSR count). The molecule has 0 amide bonds. The van der Waals surface area contributed by atoms with Gasteiger partial charge in [-0.25, -0.2) is 0 Å². The average molecular weight is 269 g/mol. The summed E-state index contributed by atoms with van der Waals surface area (Å²) in [5.41, 5.74) is -0.163. The van der Waals surface area contributed by atoms with Crippen molar-refractivity contribution in [1.82, 2.24) is 19.6 Å². The molecule has 0 radical (unpaired) electrons. The van der Waals surface area contributed by atoms with Gasteiger partial charge in [-0.2, -0.15) is 28.6 Å². The fourth-order valence-corrected chi connectivity index (χ4v) is 1.67. The summed E-state index contributed by atoms with van der Waals surface area (Å²) >= 11 is 0. The summed E-state index contributed by atoms with van der Waals surface area (Å²) in [7, 11) is 1.67. The molecule has 0 aliphatic heterocycles. The largest absolute Gasteiger partial charge is 0.433 e. The summed E-state index contributed by atoms with van der Waals surface area (Å²) in [5, 5.41) is 16.2. The van der Waals surface area contributed by atoms with E-state index in [1.54, 1.807) is 19.3 Å². The normalized spacial score (nSPS) is 11.5. The first kappa shape index (κ1) is 13.1. The lowest BCUT2D eigenvalue weighted by Gasteiger charge is -2.07. The van der Waals surface area contributed by atoms with Crippen molar-refractivity contribution in [3.05, 3.63) is 24.2 Å². The van der Waals surface area contributed by atoms with E-state index in [9.17, 15) is 13.2 Å². The van der Waals surface area contributed by atoms with E-state index in [1.807, 2.05) is 0 Å². The third kappa shape index (κ3) is 2.76. The smallest absolute Gasteiger partial charge is 0.275 e. The Balaban J connectivity index is 2.43. The highest BCUT2D eigenvalue weighted by atomic mass is 19.4. The van der Waals surface area contributed by atoms with Gasteiger partial charge in [-0.1, -0.05) is 0 Å². The maximum Gasteiger partial charge on any atom is 0.433 e. The molecule has 2 aromatic heterocycles. The molecule has 0 saturated carbocycles. The van der Waals surface area contributed by atoms with Gasteiger partial charge < -0.3 is 0 Å². The van der Waals surface area contributed by atoms with Crippen molar-refractivity contribution in [1.29, 1.82) is 5.26 Å². The van der Waals surface area contributed by atoms with Gasteiger partial charge in [-0.15, -0.1) is 0 Å². The van der Waals surface area contributed by atoms with E-state index in [-0.39, 0.29) is 18.7 Å². The minimum atomic E-state index is -4.50. The topological polar surface area (TPSA) is 59.4 Å². The second-order valence-corrected chi connectivity index (χ2v) is 3.95. The minimum absolute atomic E-state index is 0.0305. The molecule has 100 valence electrons. The molecule has 19 heavy (non-hydrogen) atoms. The zero-order chi connectivity index (χ0) is 14.0. The van der Waals surface area contributed by atoms with Gasteiger partial charge in [0.25, 0.3) is 0 Å². The predicted molar refractivity (Wildman–Crippen MR) is 59.7 cm³/mol. The molecule has 0 fully saturated rings. The molecule has 0 aromatic carbocycles. The lowest BCUT2D eigenvalue weighted by atomic mass is 10.2. The van der Waals surface area contributed by atoms with Crippen LogP contribution in [0, 0.1) is 11.3 Å². The second kappa shape index (κ2) is 4.76. The van der Waals surface area contributed by atoms with Crippen molar-refractivity contribution in [2.75, 3.05) is 0 Å². The van der Waals surface area contributed by atoms with Crippen LogP contribution in [0.2, 0.25) is 0 Å². The SMILES string of the molecule is Cn1cc(-c2cc(C(F)(F)F)n(CCC#N)n2)cn1. The van der Waals surface area contributed by atoms with Crippen molar-refractivity contribution in [2.24, 2.45) is 7.05 Å². The van der Waals surface area contributed by atoms with E-state index in [0.29, 0.717) is 5.56 Å². The van der Waals surface area contributed by atoms with Crippen LogP contribution in [0.3, 0.4) is 0 Å². The molecule has 0 aliphatic rings. The Bertz CT molecular complexity index is 617. The standard InChI is InChI=1S/C11H10F3N5/c1-18-7-8(6-16-18)9-5-10(11(12,13)14)19(17-9)4-2-3-15/h5-7H,2,4H2,1H3. The van der Waals surface area contributed by atoms with Crippen LogP contribution >= 0.6 is 0 Å². The van der Waals surface area contributed by atoms with Gasteiger partial charge in [-0.05, 0) is 6.07 Å². The van der Waals surface area contributed by atoms with Gasteiger partial charge >= 0.3 is 6.18 Å². The zero-order valence-electron chi connectivity index (χ0n) is 10.0. The Morgan fingerprint density at radius 3 is 2.68 bits per heavy atom. The monoisotopic (exact) mass is 269 g/mol. The summed E-state index contributed by atoms with van der Waals surface area (Å²) in [6, 6.07) is 2.77. The van der Waals surface area contributed by atoms with E-state index in [2.05, 4.69) is 10.2 Å². The highest BCUT2D eigenvalue weighted by Gasteiger charge is 2.35. The van der Waals surface area contributed by atoms with E-state index < -0.39 is 11.9 Å². The fourth-order valence-electron chi connectivity index (χ4n) is 1.67. The van der Waals surface area contributed by atoms with E-state index in [1.165, 1.54) is 10.9 Å². The van der Waals surface area contributed by atoms with Crippen LogP contribution in [0.15, 0.2) is 18.5 Å². The van der Waals surface area contributed by atoms with E-state index >= 15 is 0 Å². The number of hydrogen-bond donors (Lipinski definition) is 0. The van der Waals surface area contributed by atoms with Gasteiger partial charge in [-0.3, -0.25) is 9.36 Å². The summed E-state index contributed by atoms with van der Waals surface area (Å²) in [6.45, 7) is -0.0917. The second-order valence-electron chi connectivity index (χ2n) is 3.95. The molecular weight excluding hydrogens is 259 g/mol.